The number of rotatable bonds is 3. The van der Waals surface area contributed by atoms with Crippen LogP contribution in [0.1, 0.15) is 34.6 Å². The Bertz CT molecular complexity index is 692. The highest BCUT2D eigenvalue weighted by atomic mass is 35.5. The second kappa shape index (κ2) is 6.08. The van der Waals surface area contributed by atoms with Crippen molar-refractivity contribution in [3.05, 3.63) is 39.2 Å². The van der Waals surface area contributed by atoms with Gasteiger partial charge in [0.2, 0.25) is 0 Å². The number of nitrogen functional groups attached to an aromatic ring is 1. The Labute approximate surface area is 133 Å². The predicted octanol–water partition coefficient (Wildman–Crippen LogP) is 4.83. The van der Waals surface area contributed by atoms with E-state index in [1.165, 1.54) is 11.3 Å². The van der Waals surface area contributed by atoms with Crippen molar-refractivity contribution < 1.29 is 9.53 Å². The van der Waals surface area contributed by atoms with Crippen LogP contribution < -0.4 is 5.73 Å². The van der Waals surface area contributed by atoms with Crippen LogP contribution in [0.15, 0.2) is 18.2 Å². The summed E-state index contributed by atoms with van der Waals surface area (Å²) in [5.74, 6) is -0.380. The number of aryl methyl sites for hydroxylation is 2. The van der Waals surface area contributed by atoms with Gasteiger partial charge >= 0.3 is 5.97 Å². The maximum Gasteiger partial charge on any atom is 0.342 e. The number of benzene rings is 1. The summed E-state index contributed by atoms with van der Waals surface area (Å²) in [4.78, 5) is 13.3. The van der Waals surface area contributed by atoms with Crippen LogP contribution in [0.25, 0.3) is 11.1 Å². The average molecular weight is 324 g/mol. The monoisotopic (exact) mass is 323 g/mol. The highest BCUT2D eigenvalue weighted by molar-refractivity contribution is 7.16. The van der Waals surface area contributed by atoms with Gasteiger partial charge in [0, 0.05) is 15.5 Å². The summed E-state index contributed by atoms with van der Waals surface area (Å²) < 4.78 is 5.31. The van der Waals surface area contributed by atoms with Gasteiger partial charge in [-0.05, 0) is 51.0 Å². The van der Waals surface area contributed by atoms with Crippen LogP contribution in [-0.2, 0) is 4.74 Å². The van der Waals surface area contributed by atoms with E-state index in [-0.39, 0.29) is 12.1 Å². The number of carbonyl (C=O) groups is 1. The fourth-order valence-corrected chi connectivity index (χ4v) is 3.25. The maximum atomic E-state index is 12.3. The average Bonchev–Trinajstić information content (AvgIpc) is 2.67. The van der Waals surface area contributed by atoms with E-state index in [1.807, 2.05) is 45.9 Å². The van der Waals surface area contributed by atoms with Gasteiger partial charge in [-0.25, -0.2) is 4.79 Å². The molecule has 2 aromatic rings. The lowest BCUT2D eigenvalue weighted by Gasteiger charge is -2.11. The first-order chi connectivity index (χ1) is 9.81. The first-order valence-corrected chi connectivity index (χ1v) is 7.87. The van der Waals surface area contributed by atoms with Gasteiger partial charge < -0.3 is 10.5 Å². The molecule has 21 heavy (non-hydrogen) atoms. The van der Waals surface area contributed by atoms with Crippen molar-refractivity contribution >= 4 is 33.9 Å². The minimum absolute atomic E-state index is 0.183. The Hall–Kier alpha value is -1.52. The lowest BCUT2D eigenvalue weighted by Crippen LogP contribution is -2.13. The van der Waals surface area contributed by atoms with Gasteiger partial charge in [0.15, 0.2) is 0 Å². The molecule has 0 radical (unpaired) electrons. The molecule has 0 aliphatic carbocycles. The normalized spacial score (nSPS) is 11.0. The van der Waals surface area contributed by atoms with Gasteiger partial charge in [0.25, 0.3) is 0 Å². The molecule has 0 bridgehead atoms. The third-order valence-corrected chi connectivity index (χ3v) is 4.46. The molecule has 0 saturated carbocycles. The van der Waals surface area contributed by atoms with Crippen molar-refractivity contribution in [2.75, 3.05) is 5.73 Å². The maximum absolute atomic E-state index is 12.3. The molecule has 0 aliphatic heterocycles. The fraction of sp³-hybridized carbons (Fsp3) is 0.312. The van der Waals surface area contributed by atoms with E-state index in [4.69, 9.17) is 22.1 Å². The van der Waals surface area contributed by atoms with Gasteiger partial charge in [-0.1, -0.05) is 17.7 Å². The number of carbonyl (C=O) groups excluding carboxylic acids is 1. The molecule has 3 nitrogen and oxygen atoms in total. The van der Waals surface area contributed by atoms with E-state index in [9.17, 15) is 4.79 Å². The number of esters is 1. The number of hydrogen-bond donors (Lipinski definition) is 1. The van der Waals surface area contributed by atoms with E-state index in [0.717, 1.165) is 21.6 Å². The summed E-state index contributed by atoms with van der Waals surface area (Å²) >= 11 is 7.47. The number of hydrogen-bond acceptors (Lipinski definition) is 4. The number of nitrogens with two attached hydrogens (primary N) is 1. The summed E-state index contributed by atoms with van der Waals surface area (Å²) in [6, 6.07) is 5.69. The molecule has 0 amide bonds. The van der Waals surface area contributed by atoms with Crippen LogP contribution in [0.3, 0.4) is 0 Å². The zero-order valence-electron chi connectivity index (χ0n) is 12.5. The van der Waals surface area contributed by atoms with Gasteiger partial charge in [0.05, 0.1) is 6.10 Å². The topological polar surface area (TPSA) is 52.3 Å². The molecule has 5 heteroatoms. The largest absolute Gasteiger partial charge is 0.459 e. The molecule has 0 atom stereocenters. The quantitative estimate of drug-likeness (QED) is 0.823. The van der Waals surface area contributed by atoms with Gasteiger partial charge in [-0.2, -0.15) is 0 Å². The summed E-state index contributed by atoms with van der Waals surface area (Å²) in [5, 5.41) is 1.19. The Morgan fingerprint density at radius 2 is 2.00 bits per heavy atom. The zero-order valence-corrected chi connectivity index (χ0v) is 14.1. The molecule has 1 aromatic heterocycles. The van der Waals surface area contributed by atoms with Crippen LogP contribution in [-0.4, -0.2) is 12.1 Å². The van der Waals surface area contributed by atoms with Crippen molar-refractivity contribution in [2.45, 2.75) is 33.8 Å². The molecular formula is C16H18ClNO2S. The van der Waals surface area contributed by atoms with Crippen molar-refractivity contribution in [3.63, 3.8) is 0 Å². The van der Waals surface area contributed by atoms with Gasteiger partial charge in [-0.15, -0.1) is 11.3 Å². The number of halogens is 1. The molecule has 0 fully saturated rings. The van der Waals surface area contributed by atoms with Crippen molar-refractivity contribution in [1.82, 2.24) is 0 Å². The lowest BCUT2D eigenvalue weighted by atomic mass is 10.00. The molecule has 112 valence electrons. The van der Waals surface area contributed by atoms with Crippen molar-refractivity contribution in [2.24, 2.45) is 0 Å². The second-order valence-electron chi connectivity index (χ2n) is 5.19. The van der Waals surface area contributed by atoms with E-state index in [1.54, 1.807) is 0 Å². The smallest absolute Gasteiger partial charge is 0.342 e. The zero-order chi connectivity index (χ0) is 15.7. The molecule has 1 heterocycles. The van der Waals surface area contributed by atoms with E-state index in [0.29, 0.717) is 15.6 Å². The molecule has 0 spiro atoms. The molecule has 0 unspecified atom stereocenters. The van der Waals surface area contributed by atoms with Gasteiger partial charge in [0.1, 0.15) is 10.6 Å². The fourth-order valence-electron chi connectivity index (χ4n) is 2.19. The third kappa shape index (κ3) is 3.22. The highest BCUT2D eigenvalue weighted by Gasteiger charge is 2.23. The SMILES string of the molecule is Cc1cc(-c2c(C)sc(N)c2C(=O)OC(C)C)ccc1Cl. The predicted molar refractivity (Wildman–Crippen MR) is 89.2 cm³/mol. The Balaban J connectivity index is 2.57. The van der Waals surface area contributed by atoms with Crippen LogP contribution in [0.4, 0.5) is 5.00 Å². The third-order valence-electron chi connectivity index (χ3n) is 3.10. The van der Waals surface area contributed by atoms with Crippen molar-refractivity contribution in [1.29, 1.82) is 0 Å². The van der Waals surface area contributed by atoms with Crippen molar-refractivity contribution in [3.8, 4) is 11.1 Å². The molecule has 0 saturated heterocycles. The number of anilines is 1. The molecule has 2 rings (SSSR count). The minimum atomic E-state index is -0.380. The first kappa shape index (κ1) is 15.9. The lowest BCUT2D eigenvalue weighted by molar-refractivity contribution is 0.0380. The minimum Gasteiger partial charge on any atom is -0.459 e. The summed E-state index contributed by atoms with van der Waals surface area (Å²) in [6.45, 7) is 7.52. The number of thiophene rings is 1. The summed E-state index contributed by atoms with van der Waals surface area (Å²) in [5.41, 5.74) is 9.19. The molecule has 2 N–H and O–H groups in total. The van der Waals surface area contributed by atoms with Crippen LogP contribution in [0.5, 0.6) is 0 Å². The Morgan fingerprint density at radius 3 is 2.57 bits per heavy atom. The van der Waals surface area contributed by atoms with Crippen LogP contribution in [0.2, 0.25) is 5.02 Å². The first-order valence-electron chi connectivity index (χ1n) is 6.67. The van der Waals surface area contributed by atoms with Gasteiger partial charge in [-0.3, -0.25) is 0 Å². The molecular weight excluding hydrogens is 306 g/mol. The number of ether oxygens (including phenoxy) is 1. The summed E-state index contributed by atoms with van der Waals surface area (Å²) in [7, 11) is 0. The molecule has 1 aromatic carbocycles. The standard InChI is InChI=1S/C16H18ClNO2S/c1-8(2)20-16(19)14-13(10(4)21-15(14)18)11-5-6-12(17)9(3)7-11/h5-8H,18H2,1-4H3. The Morgan fingerprint density at radius 1 is 1.33 bits per heavy atom. The second-order valence-corrected chi connectivity index (χ2v) is 6.85. The van der Waals surface area contributed by atoms with Crippen LogP contribution in [0, 0.1) is 13.8 Å². The van der Waals surface area contributed by atoms with E-state index < -0.39 is 0 Å². The molecule has 0 aliphatic rings. The van der Waals surface area contributed by atoms with Crippen LogP contribution >= 0.6 is 22.9 Å². The highest BCUT2D eigenvalue weighted by Crippen LogP contribution is 2.39. The van der Waals surface area contributed by atoms with E-state index >= 15 is 0 Å². The Kier molecular flexibility index (Phi) is 4.59. The summed E-state index contributed by atoms with van der Waals surface area (Å²) in [6.07, 6.45) is -0.183. The van der Waals surface area contributed by atoms with E-state index in [2.05, 4.69) is 0 Å².